The van der Waals surface area contributed by atoms with Crippen molar-refractivity contribution in [2.45, 2.75) is 13.0 Å². The topological polar surface area (TPSA) is 81.3 Å². The van der Waals surface area contributed by atoms with Crippen molar-refractivity contribution in [2.75, 3.05) is 0 Å². The summed E-state index contributed by atoms with van der Waals surface area (Å²) < 4.78 is 0.568. The average Bonchev–Trinajstić information content (AvgIpc) is 2.20. The molecule has 0 heterocycles. The molecule has 0 unspecified atom stereocenters. The molecule has 1 rings (SSSR count). The van der Waals surface area contributed by atoms with Crippen LogP contribution in [-0.4, -0.2) is 16.2 Å². The van der Waals surface area contributed by atoms with E-state index >= 15 is 0 Å². The molecular formula is C10H8BrNO3. The minimum Gasteiger partial charge on any atom is -0.481 e. The Labute approximate surface area is 94.9 Å². The number of carboxylic acid groups (broad SMARTS) is 1. The van der Waals surface area contributed by atoms with E-state index in [1.807, 2.05) is 6.07 Å². The molecule has 4 nitrogen and oxygen atoms in total. The van der Waals surface area contributed by atoms with Crippen molar-refractivity contribution >= 4 is 21.9 Å². The van der Waals surface area contributed by atoms with Crippen LogP contribution >= 0.6 is 15.9 Å². The first-order valence-electron chi connectivity index (χ1n) is 4.13. The second-order valence-corrected chi connectivity index (χ2v) is 3.75. The summed E-state index contributed by atoms with van der Waals surface area (Å²) in [5.41, 5.74) is 1.07. The largest absolute Gasteiger partial charge is 0.481 e. The van der Waals surface area contributed by atoms with Gasteiger partial charge in [-0.15, -0.1) is 0 Å². The quantitative estimate of drug-likeness (QED) is 0.870. The summed E-state index contributed by atoms with van der Waals surface area (Å²) in [5, 5.41) is 26.6. The standard InChI is InChI=1S/C10H8BrNO3/c11-9-2-1-6(5-13)8(4-12)7(9)3-10(14)15/h1-2,13H,3,5H2,(H,14,15). The van der Waals surface area contributed by atoms with Crippen LogP contribution in [0, 0.1) is 11.3 Å². The van der Waals surface area contributed by atoms with Gasteiger partial charge in [-0.2, -0.15) is 5.26 Å². The van der Waals surface area contributed by atoms with E-state index in [0.29, 0.717) is 15.6 Å². The molecular weight excluding hydrogens is 262 g/mol. The third-order valence-electron chi connectivity index (χ3n) is 1.95. The van der Waals surface area contributed by atoms with Crippen LogP contribution in [0.25, 0.3) is 0 Å². The van der Waals surface area contributed by atoms with E-state index in [0.717, 1.165) is 0 Å². The zero-order valence-corrected chi connectivity index (χ0v) is 9.28. The van der Waals surface area contributed by atoms with E-state index in [1.165, 1.54) is 0 Å². The van der Waals surface area contributed by atoms with Gasteiger partial charge in [0.05, 0.1) is 24.7 Å². The Bertz CT molecular complexity index is 437. The molecule has 78 valence electrons. The summed E-state index contributed by atoms with van der Waals surface area (Å²) in [7, 11) is 0. The Morgan fingerprint density at radius 1 is 1.53 bits per heavy atom. The Morgan fingerprint density at radius 3 is 2.67 bits per heavy atom. The zero-order valence-electron chi connectivity index (χ0n) is 7.70. The summed E-state index contributed by atoms with van der Waals surface area (Å²) in [6, 6.07) is 5.13. The number of aliphatic hydroxyl groups is 1. The maximum Gasteiger partial charge on any atom is 0.307 e. The van der Waals surface area contributed by atoms with Crippen molar-refractivity contribution in [3.8, 4) is 6.07 Å². The highest BCUT2D eigenvalue weighted by Crippen LogP contribution is 2.24. The van der Waals surface area contributed by atoms with Crippen molar-refractivity contribution in [3.05, 3.63) is 33.3 Å². The van der Waals surface area contributed by atoms with Crippen LogP contribution in [-0.2, 0) is 17.8 Å². The highest BCUT2D eigenvalue weighted by atomic mass is 79.9. The summed E-state index contributed by atoms with van der Waals surface area (Å²) in [4.78, 5) is 10.6. The van der Waals surface area contributed by atoms with E-state index in [9.17, 15) is 4.79 Å². The average molecular weight is 270 g/mol. The molecule has 0 amide bonds. The Morgan fingerprint density at radius 2 is 2.20 bits per heavy atom. The number of hydrogen-bond donors (Lipinski definition) is 2. The first-order valence-corrected chi connectivity index (χ1v) is 4.92. The lowest BCUT2D eigenvalue weighted by Gasteiger charge is -2.07. The molecule has 5 heteroatoms. The maximum atomic E-state index is 10.6. The number of halogens is 1. The van der Waals surface area contributed by atoms with Gasteiger partial charge in [0.25, 0.3) is 0 Å². The molecule has 2 N–H and O–H groups in total. The predicted molar refractivity (Wildman–Crippen MR) is 56.1 cm³/mol. The molecule has 15 heavy (non-hydrogen) atoms. The minimum atomic E-state index is -1.01. The van der Waals surface area contributed by atoms with Crippen LogP contribution in [0.4, 0.5) is 0 Å². The van der Waals surface area contributed by atoms with Gasteiger partial charge in [-0.05, 0) is 17.2 Å². The molecule has 0 spiro atoms. The van der Waals surface area contributed by atoms with E-state index in [1.54, 1.807) is 12.1 Å². The minimum absolute atomic E-state index is 0.231. The summed E-state index contributed by atoms with van der Waals surface area (Å²) in [6.45, 7) is -0.275. The Kier molecular flexibility index (Phi) is 3.83. The van der Waals surface area contributed by atoms with E-state index in [4.69, 9.17) is 15.5 Å². The number of rotatable bonds is 3. The lowest BCUT2D eigenvalue weighted by Crippen LogP contribution is -2.05. The van der Waals surface area contributed by atoms with Gasteiger partial charge in [0, 0.05) is 4.47 Å². The number of hydrogen-bond acceptors (Lipinski definition) is 3. The Balaban J connectivity index is 3.33. The molecule has 0 aliphatic heterocycles. The van der Waals surface area contributed by atoms with Crippen molar-refractivity contribution in [1.29, 1.82) is 5.26 Å². The first-order chi connectivity index (χ1) is 7.10. The third kappa shape index (κ3) is 2.55. The number of aliphatic hydroxyl groups excluding tert-OH is 1. The number of aliphatic carboxylic acids is 1. The fraction of sp³-hybridized carbons (Fsp3) is 0.200. The highest BCUT2D eigenvalue weighted by Gasteiger charge is 2.14. The van der Waals surface area contributed by atoms with Gasteiger partial charge in [0.1, 0.15) is 0 Å². The molecule has 1 aromatic rings. The van der Waals surface area contributed by atoms with E-state index in [2.05, 4.69) is 15.9 Å². The van der Waals surface area contributed by atoms with E-state index in [-0.39, 0.29) is 18.6 Å². The first kappa shape index (κ1) is 11.7. The summed E-state index contributed by atoms with van der Waals surface area (Å²) in [5.74, 6) is -1.01. The lowest BCUT2D eigenvalue weighted by molar-refractivity contribution is -0.136. The highest BCUT2D eigenvalue weighted by molar-refractivity contribution is 9.10. The monoisotopic (exact) mass is 269 g/mol. The fourth-order valence-electron chi connectivity index (χ4n) is 1.27. The molecule has 0 saturated carbocycles. The lowest BCUT2D eigenvalue weighted by atomic mass is 10.0. The van der Waals surface area contributed by atoms with Crippen LogP contribution in [0.1, 0.15) is 16.7 Å². The summed E-state index contributed by atoms with van der Waals surface area (Å²) >= 11 is 3.18. The molecule has 0 fully saturated rings. The number of nitrogens with zero attached hydrogens (tertiary/aromatic N) is 1. The molecule has 1 aromatic carbocycles. The van der Waals surface area contributed by atoms with Gasteiger partial charge in [0.2, 0.25) is 0 Å². The smallest absolute Gasteiger partial charge is 0.307 e. The number of benzene rings is 1. The van der Waals surface area contributed by atoms with Crippen LogP contribution in [0.15, 0.2) is 16.6 Å². The normalized spacial score (nSPS) is 9.67. The van der Waals surface area contributed by atoms with Crippen LogP contribution in [0.3, 0.4) is 0 Å². The van der Waals surface area contributed by atoms with Crippen LogP contribution < -0.4 is 0 Å². The maximum absolute atomic E-state index is 10.6. The van der Waals surface area contributed by atoms with Gasteiger partial charge in [0.15, 0.2) is 0 Å². The second-order valence-electron chi connectivity index (χ2n) is 2.90. The van der Waals surface area contributed by atoms with Crippen molar-refractivity contribution in [3.63, 3.8) is 0 Å². The molecule has 0 aromatic heterocycles. The van der Waals surface area contributed by atoms with Gasteiger partial charge >= 0.3 is 5.97 Å². The van der Waals surface area contributed by atoms with Crippen molar-refractivity contribution < 1.29 is 15.0 Å². The number of carboxylic acids is 1. The van der Waals surface area contributed by atoms with Gasteiger partial charge in [-0.25, -0.2) is 0 Å². The SMILES string of the molecule is N#Cc1c(CO)ccc(Br)c1CC(=O)O. The predicted octanol–water partition coefficient (Wildman–Crippen LogP) is 1.44. The van der Waals surface area contributed by atoms with Gasteiger partial charge in [-0.3, -0.25) is 4.79 Å². The molecule has 0 bridgehead atoms. The van der Waals surface area contributed by atoms with Crippen LogP contribution in [0.2, 0.25) is 0 Å². The van der Waals surface area contributed by atoms with Crippen molar-refractivity contribution in [1.82, 2.24) is 0 Å². The number of carbonyl (C=O) groups is 1. The van der Waals surface area contributed by atoms with Crippen LogP contribution in [0.5, 0.6) is 0 Å². The Hall–Kier alpha value is -1.38. The number of nitriles is 1. The van der Waals surface area contributed by atoms with Crippen molar-refractivity contribution in [2.24, 2.45) is 0 Å². The molecule has 0 atom stereocenters. The molecule has 0 radical (unpaired) electrons. The molecule has 0 aliphatic carbocycles. The van der Waals surface area contributed by atoms with Gasteiger partial charge in [-0.1, -0.05) is 22.0 Å². The summed E-state index contributed by atoms with van der Waals surface area (Å²) in [6.07, 6.45) is -0.239. The van der Waals surface area contributed by atoms with Gasteiger partial charge < -0.3 is 10.2 Å². The third-order valence-corrected chi connectivity index (χ3v) is 2.70. The second kappa shape index (κ2) is 4.91. The fourth-order valence-corrected chi connectivity index (χ4v) is 1.74. The zero-order chi connectivity index (χ0) is 11.4. The molecule has 0 aliphatic rings. The molecule has 0 saturated heterocycles. The van der Waals surface area contributed by atoms with E-state index < -0.39 is 5.97 Å².